The molecule has 1 aliphatic rings. The number of carboxylic acid groups (broad SMARTS) is 1. The van der Waals surface area contributed by atoms with Crippen LogP contribution >= 0.6 is 11.6 Å². The van der Waals surface area contributed by atoms with Crippen LogP contribution in [0.25, 0.3) is 0 Å². The van der Waals surface area contributed by atoms with Crippen molar-refractivity contribution in [2.45, 2.75) is 18.9 Å². The maximum atomic E-state index is 12.0. The van der Waals surface area contributed by atoms with Crippen LogP contribution < -0.4 is 5.32 Å². The van der Waals surface area contributed by atoms with Gasteiger partial charge in [-0.3, -0.25) is 9.59 Å². The van der Waals surface area contributed by atoms with E-state index in [9.17, 15) is 9.59 Å². The molecule has 0 bridgehead atoms. The van der Waals surface area contributed by atoms with Gasteiger partial charge in [-0.1, -0.05) is 23.7 Å². The van der Waals surface area contributed by atoms with Crippen molar-refractivity contribution in [3.8, 4) is 0 Å². The summed E-state index contributed by atoms with van der Waals surface area (Å²) in [4.78, 5) is 22.9. The highest BCUT2D eigenvalue weighted by Gasteiger charge is 2.41. The lowest BCUT2D eigenvalue weighted by Gasteiger charge is -2.32. The number of amides is 1. The van der Waals surface area contributed by atoms with Gasteiger partial charge in [-0.15, -0.1) is 0 Å². The summed E-state index contributed by atoms with van der Waals surface area (Å²) in [6.45, 7) is 0.290. The van der Waals surface area contributed by atoms with E-state index in [0.717, 1.165) is 5.56 Å². The summed E-state index contributed by atoms with van der Waals surface area (Å²) in [5.74, 6) is -2.12. The number of hydrogen-bond donors (Lipinski definition) is 2. The van der Waals surface area contributed by atoms with Crippen molar-refractivity contribution in [3.63, 3.8) is 0 Å². The molecule has 0 radical (unpaired) electrons. The van der Waals surface area contributed by atoms with E-state index in [1.54, 1.807) is 19.2 Å². The molecule has 21 heavy (non-hydrogen) atoms. The number of hydrogen-bond acceptors (Lipinski definition) is 3. The first-order chi connectivity index (χ1) is 10.0. The van der Waals surface area contributed by atoms with Gasteiger partial charge in [0.05, 0.1) is 17.9 Å². The van der Waals surface area contributed by atoms with E-state index in [4.69, 9.17) is 21.4 Å². The van der Waals surface area contributed by atoms with E-state index in [2.05, 4.69) is 5.32 Å². The van der Waals surface area contributed by atoms with E-state index in [0.29, 0.717) is 24.4 Å². The summed E-state index contributed by atoms with van der Waals surface area (Å²) in [6.07, 6.45) is 0.878. The summed E-state index contributed by atoms with van der Waals surface area (Å²) in [5.41, 5.74) is 0.869. The molecule has 1 aromatic carbocycles. The highest BCUT2D eigenvalue weighted by molar-refractivity contribution is 6.30. The molecule has 2 N–H and O–H groups in total. The predicted molar refractivity (Wildman–Crippen MR) is 78.1 cm³/mol. The lowest BCUT2D eigenvalue weighted by molar-refractivity contribution is -0.152. The van der Waals surface area contributed by atoms with Gasteiger partial charge < -0.3 is 15.2 Å². The molecule has 0 spiro atoms. The minimum atomic E-state index is -0.903. The summed E-state index contributed by atoms with van der Waals surface area (Å²) >= 11 is 5.94. The number of carboxylic acids is 1. The van der Waals surface area contributed by atoms with Crippen LogP contribution in [0.1, 0.15) is 24.5 Å². The number of aliphatic carboxylic acids is 1. The molecule has 2 rings (SSSR count). The second-order valence-corrected chi connectivity index (χ2v) is 5.59. The van der Waals surface area contributed by atoms with Gasteiger partial charge in [0.15, 0.2) is 0 Å². The van der Waals surface area contributed by atoms with Crippen LogP contribution in [0, 0.1) is 11.8 Å². The normalized spacial score (nSPS) is 22.2. The van der Waals surface area contributed by atoms with Crippen molar-refractivity contribution >= 4 is 23.5 Å². The Labute approximate surface area is 128 Å². The predicted octanol–water partition coefficient (Wildman–Crippen LogP) is 2.25. The third-order valence-electron chi connectivity index (χ3n) is 3.90. The Bertz CT molecular complexity index is 534. The molecule has 114 valence electrons. The third kappa shape index (κ3) is 3.74. The van der Waals surface area contributed by atoms with E-state index >= 15 is 0 Å². The standard InChI is InChI=1S/C15H18ClNO4/c1-21-13(9-3-2-4-10(16)7-9)8-17-14(18)11-5-6-12(11)15(19)20/h2-4,7,11-13H,5-6,8H2,1H3,(H,17,18)(H,19,20). The van der Waals surface area contributed by atoms with Gasteiger partial charge in [-0.2, -0.15) is 0 Å². The first-order valence-electron chi connectivity index (χ1n) is 6.81. The first kappa shape index (κ1) is 15.8. The van der Waals surface area contributed by atoms with Crippen molar-refractivity contribution in [3.05, 3.63) is 34.9 Å². The van der Waals surface area contributed by atoms with Crippen molar-refractivity contribution in [1.29, 1.82) is 0 Å². The summed E-state index contributed by atoms with van der Waals surface area (Å²) in [6, 6.07) is 7.24. The molecule has 0 saturated heterocycles. The maximum absolute atomic E-state index is 12.0. The van der Waals surface area contributed by atoms with Gasteiger partial charge in [0.1, 0.15) is 0 Å². The van der Waals surface area contributed by atoms with E-state index < -0.39 is 17.8 Å². The van der Waals surface area contributed by atoms with E-state index in [-0.39, 0.29) is 12.0 Å². The van der Waals surface area contributed by atoms with E-state index in [1.165, 1.54) is 0 Å². The molecule has 1 saturated carbocycles. The van der Waals surface area contributed by atoms with Crippen molar-refractivity contribution < 1.29 is 19.4 Å². The van der Waals surface area contributed by atoms with Crippen LogP contribution in [0.5, 0.6) is 0 Å². The Hall–Kier alpha value is -1.59. The average molecular weight is 312 g/mol. The van der Waals surface area contributed by atoms with Gasteiger partial charge in [0.25, 0.3) is 0 Å². The minimum absolute atomic E-state index is 0.224. The molecule has 3 unspecified atom stereocenters. The number of carbonyl (C=O) groups excluding carboxylic acids is 1. The molecule has 5 nitrogen and oxygen atoms in total. The zero-order chi connectivity index (χ0) is 15.4. The second-order valence-electron chi connectivity index (χ2n) is 5.15. The molecule has 0 aromatic heterocycles. The Morgan fingerprint density at radius 1 is 1.43 bits per heavy atom. The van der Waals surface area contributed by atoms with Crippen molar-refractivity contribution in [2.24, 2.45) is 11.8 Å². The highest BCUT2D eigenvalue weighted by atomic mass is 35.5. The summed E-state index contributed by atoms with van der Waals surface area (Å²) < 4.78 is 5.36. The molecule has 0 aliphatic heterocycles. The van der Waals surface area contributed by atoms with Crippen molar-refractivity contribution in [2.75, 3.05) is 13.7 Å². The smallest absolute Gasteiger partial charge is 0.307 e. The molecule has 1 aromatic rings. The molecule has 1 aliphatic carbocycles. The number of ether oxygens (including phenoxy) is 1. The van der Waals surface area contributed by atoms with Crippen LogP contribution in [-0.4, -0.2) is 30.6 Å². The third-order valence-corrected chi connectivity index (χ3v) is 4.13. The van der Waals surface area contributed by atoms with Crippen LogP contribution in [0.2, 0.25) is 5.02 Å². The molecule has 1 amide bonds. The zero-order valence-corrected chi connectivity index (χ0v) is 12.5. The number of methoxy groups -OCH3 is 1. The van der Waals surface area contributed by atoms with Gasteiger partial charge >= 0.3 is 5.97 Å². The van der Waals surface area contributed by atoms with Gasteiger partial charge in [0.2, 0.25) is 5.91 Å². The fourth-order valence-corrected chi connectivity index (χ4v) is 2.68. The fourth-order valence-electron chi connectivity index (χ4n) is 2.48. The minimum Gasteiger partial charge on any atom is -0.481 e. The van der Waals surface area contributed by atoms with Gasteiger partial charge in [-0.05, 0) is 30.5 Å². The molecule has 1 fully saturated rings. The van der Waals surface area contributed by atoms with Crippen molar-refractivity contribution in [1.82, 2.24) is 5.32 Å². The number of carbonyl (C=O) groups is 2. The Morgan fingerprint density at radius 2 is 2.14 bits per heavy atom. The molecule has 3 atom stereocenters. The number of halogens is 1. The lowest BCUT2D eigenvalue weighted by atomic mass is 9.73. The second kappa shape index (κ2) is 6.91. The van der Waals surface area contributed by atoms with Crippen LogP contribution in [0.4, 0.5) is 0 Å². The van der Waals surface area contributed by atoms with Gasteiger partial charge in [0, 0.05) is 18.7 Å². The molecular formula is C15H18ClNO4. The monoisotopic (exact) mass is 311 g/mol. The summed E-state index contributed by atoms with van der Waals surface area (Å²) in [7, 11) is 1.56. The van der Waals surface area contributed by atoms with Crippen LogP contribution in [-0.2, 0) is 14.3 Å². The quantitative estimate of drug-likeness (QED) is 0.845. The average Bonchev–Trinajstić information content (AvgIpc) is 2.37. The SMILES string of the molecule is COC(CNC(=O)C1CCC1C(=O)O)c1cccc(Cl)c1. The van der Waals surface area contributed by atoms with E-state index in [1.807, 2.05) is 12.1 Å². The Kier molecular flexibility index (Phi) is 5.20. The molecule has 0 heterocycles. The zero-order valence-electron chi connectivity index (χ0n) is 11.7. The Balaban J connectivity index is 1.91. The topological polar surface area (TPSA) is 75.6 Å². The van der Waals surface area contributed by atoms with Crippen LogP contribution in [0.3, 0.4) is 0 Å². The number of benzene rings is 1. The first-order valence-corrected chi connectivity index (χ1v) is 7.19. The fraction of sp³-hybridized carbons (Fsp3) is 0.467. The molecular weight excluding hydrogens is 294 g/mol. The lowest BCUT2D eigenvalue weighted by Crippen LogP contribution is -2.45. The Morgan fingerprint density at radius 3 is 2.67 bits per heavy atom. The molecule has 6 heteroatoms. The number of nitrogens with one attached hydrogen (secondary N) is 1. The van der Waals surface area contributed by atoms with Gasteiger partial charge in [-0.25, -0.2) is 0 Å². The highest BCUT2D eigenvalue weighted by Crippen LogP contribution is 2.34. The van der Waals surface area contributed by atoms with Crippen LogP contribution in [0.15, 0.2) is 24.3 Å². The summed E-state index contributed by atoms with van der Waals surface area (Å²) in [5, 5.41) is 12.3. The largest absolute Gasteiger partial charge is 0.481 e. The number of rotatable bonds is 6. The maximum Gasteiger partial charge on any atom is 0.307 e.